The normalized spacial score (nSPS) is 10.8. The number of pyridine rings is 2. The van der Waals surface area contributed by atoms with Crippen LogP contribution in [0.1, 0.15) is 0 Å². The van der Waals surface area contributed by atoms with Gasteiger partial charge in [0.05, 0.1) is 17.6 Å². The fourth-order valence-electron chi connectivity index (χ4n) is 2.36. The van der Waals surface area contributed by atoms with E-state index in [0.29, 0.717) is 11.1 Å². The minimum atomic E-state index is 0.449. The lowest BCUT2D eigenvalue weighted by Crippen LogP contribution is -1.95. The summed E-state index contributed by atoms with van der Waals surface area (Å²) >= 11 is 5.79. The summed E-state index contributed by atoms with van der Waals surface area (Å²) in [5.41, 5.74) is 3.63. The summed E-state index contributed by atoms with van der Waals surface area (Å²) in [4.78, 5) is 8.53. The van der Waals surface area contributed by atoms with Crippen LogP contribution in [-0.2, 0) is 0 Å². The third-order valence-corrected chi connectivity index (χ3v) is 3.64. The molecule has 4 rings (SSSR count). The van der Waals surface area contributed by atoms with E-state index in [2.05, 4.69) is 20.4 Å². The SMILES string of the molecule is Clc1ccc(Nc2nc3cccc(-c4ccccc4)n3n2)cn1. The van der Waals surface area contributed by atoms with Crippen molar-refractivity contribution >= 4 is 28.9 Å². The van der Waals surface area contributed by atoms with Gasteiger partial charge in [-0.25, -0.2) is 9.50 Å². The van der Waals surface area contributed by atoms with E-state index in [9.17, 15) is 0 Å². The van der Waals surface area contributed by atoms with Gasteiger partial charge in [0.25, 0.3) is 0 Å². The quantitative estimate of drug-likeness (QED) is 0.575. The van der Waals surface area contributed by atoms with Crippen LogP contribution in [0.2, 0.25) is 5.15 Å². The van der Waals surface area contributed by atoms with Crippen LogP contribution >= 0.6 is 11.6 Å². The van der Waals surface area contributed by atoms with Crippen molar-refractivity contribution in [3.05, 3.63) is 72.0 Å². The molecule has 0 atom stereocenters. The molecule has 0 fully saturated rings. The van der Waals surface area contributed by atoms with Crippen LogP contribution in [0.4, 0.5) is 11.6 Å². The molecule has 0 aliphatic carbocycles. The second kappa shape index (κ2) is 5.70. The summed E-state index contributed by atoms with van der Waals surface area (Å²) in [7, 11) is 0. The molecule has 23 heavy (non-hydrogen) atoms. The van der Waals surface area contributed by atoms with E-state index in [1.807, 2.05) is 59.1 Å². The minimum Gasteiger partial charge on any atom is -0.321 e. The fraction of sp³-hybridized carbons (Fsp3) is 0. The third kappa shape index (κ3) is 2.74. The molecule has 3 heterocycles. The van der Waals surface area contributed by atoms with Gasteiger partial charge >= 0.3 is 0 Å². The molecular formula is C17H12ClN5. The van der Waals surface area contributed by atoms with Crippen LogP contribution in [0.25, 0.3) is 16.9 Å². The van der Waals surface area contributed by atoms with Gasteiger partial charge in [0.15, 0.2) is 5.65 Å². The smallest absolute Gasteiger partial charge is 0.247 e. The Balaban J connectivity index is 1.75. The van der Waals surface area contributed by atoms with Crippen molar-refractivity contribution in [2.45, 2.75) is 0 Å². The zero-order valence-electron chi connectivity index (χ0n) is 12.0. The summed E-state index contributed by atoms with van der Waals surface area (Å²) in [5.74, 6) is 0.512. The van der Waals surface area contributed by atoms with E-state index in [0.717, 1.165) is 22.6 Å². The predicted molar refractivity (Wildman–Crippen MR) is 91.0 cm³/mol. The van der Waals surface area contributed by atoms with Crippen molar-refractivity contribution in [2.75, 3.05) is 5.32 Å². The molecule has 5 nitrogen and oxygen atoms in total. The highest BCUT2D eigenvalue weighted by atomic mass is 35.5. The van der Waals surface area contributed by atoms with Gasteiger partial charge in [0.2, 0.25) is 5.95 Å². The lowest BCUT2D eigenvalue weighted by molar-refractivity contribution is 0.973. The number of halogens is 1. The highest BCUT2D eigenvalue weighted by molar-refractivity contribution is 6.29. The Labute approximate surface area is 137 Å². The third-order valence-electron chi connectivity index (χ3n) is 3.41. The van der Waals surface area contributed by atoms with Gasteiger partial charge in [0.1, 0.15) is 5.15 Å². The van der Waals surface area contributed by atoms with Gasteiger partial charge in [-0.05, 0) is 24.3 Å². The Morgan fingerprint density at radius 3 is 2.57 bits per heavy atom. The summed E-state index contributed by atoms with van der Waals surface area (Å²) in [6, 6.07) is 19.6. The Bertz CT molecular complexity index is 948. The maximum absolute atomic E-state index is 5.79. The maximum atomic E-state index is 5.79. The molecule has 1 N–H and O–H groups in total. The molecule has 0 radical (unpaired) electrons. The van der Waals surface area contributed by atoms with E-state index < -0.39 is 0 Å². The molecule has 112 valence electrons. The van der Waals surface area contributed by atoms with Gasteiger partial charge < -0.3 is 5.32 Å². The highest BCUT2D eigenvalue weighted by Crippen LogP contribution is 2.21. The molecule has 0 unspecified atom stereocenters. The van der Waals surface area contributed by atoms with E-state index in [4.69, 9.17) is 11.6 Å². The Kier molecular flexibility index (Phi) is 3.40. The molecule has 0 bridgehead atoms. The molecule has 0 aliphatic heterocycles. The second-order valence-electron chi connectivity index (χ2n) is 4.98. The molecule has 6 heteroatoms. The zero-order valence-corrected chi connectivity index (χ0v) is 12.8. The first-order valence-corrected chi connectivity index (χ1v) is 7.47. The minimum absolute atomic E-state index is 0.449. The van der Waals surface area contributed by atoms with Crippen molar-refractivity contribution in [1.82, 2.24) is 19.6 Å². The number of anilines is 2. The first kappa shape index (κ1) is 13.7. The second-order valence-corrected chi connectivity index (χ2v) is 5.36. The average molecular weight is 322 g/mol. The predicted octanol–water partition coefficient (Wildman–Crippen LogP) is 4.19. The van der Waals surface area contributed by atoms with Crippen LogP contribution in [0.15, 0.2) is 66.9 Å². The Morgan fingerprint density at radius 1 is 0.913 bits per heavy atom. The highest BCUT2D eigenvalue weighted by Gasteiger charge is 2.08. The number of benzene rings is 1. The molecule has 3 aromatic heterocycles. The van der Waals surface area contributed by atoms with Crippen molar-refractivity contribution in [3.63, 3.8) is 0 Å². The number of nitrogens with zero attached hydrogens (tertiary/aromatic N) is 4. The number of hydrogen-bond acceptors (Lipinski definition) is 4. The van der Waals surface area contributed by atoms with Crippen LogP contribution < -0.4 is 5.32 Å². The van der Waals surface area contributed by atoms with Crippen molar-refractivity contribution in [3.8, 4) is 11.3 Å². The molecule has 0 aliphatic rings. The summed E-state index contributed by atoms with van der Waals surface area (Å²) in [6.45, 7) is 0. The molecule has 0 saturated heterocycles. The molecule has 0 spiro atoms. The van der Waals surface area contributed by atoms with Crippen molar-refractivity contribution in [1.29, 1.82) is 0 Å². The lowest BCUT2D eigenvalue weighted by Gasteiger charge is -2.03. The monoisotopic (exact) mass is 321 g/mol. The molecule has 0 amide bonds. The zero-order chi connectivity index (χ0) is 15.6. The first-order valence-electron chi connectivity index (χ1n) is 7.09. The average Bonchev–Trinajstić information content (AvgIpc) is 3.00. The number of aromatic nitrogens is 4. The molecule has 0 saturated carbocycles. The van der Waals surface area contributed by atoms with E-state index in [-0.39, 0.29) is 0 Å². The number of hydrogen-bond donors (Lipinski definition) is 1. The summed E-state index contributed by atoms with van der Waals surface area (Å²) in [5, 5.41) is 8.12. The molecule has 4 aromatic rings. The topological polar surface area (TPSA) is 55.1 Å². The van der Waals surface area contributed by atoms with Crippen molar-refractivity contribution in [2.24, 2.45) is 0 Å². The van der Waals surface area contributed by atoms with Crippen LogP contribution in [0.3, 0.4) is 0 Å². The molecule has 1 aromatic carbocycles. The van der Waals surface area contributed by atoms with Gasteiger partial charge in [0, 0.05) is 5.56 Å². The van der Waals surface area contributed by atoms with Gasteiger partial charge in [-0.3, -0.25) is 0 Å². The maximum Gasteiger partial charge on any atom is 0.247 e. The Morgan fingerprint density at radius 2 is 1.78 bits per heavy atom. The largest absolute Gasteiger partial charge is 0.321 e. The first-order chi connectivity index (χ1) is 11.3. The van der Waals surface area contributed by atoms with Crippen LogP contribution in [0.5, 0.6) is 0 Å². The number of rotatable bonds is 3. The fourth-order valence-corrected chi connectivity index (χ4v) is 2.48. The van der Waals surface area contributed by atoms with Crippen LogP contribution in [0, 0.1) is 0 Å². The standard InChI is InChI=1S/C17H12ClN5/c18-15-10-9-13(11-19-15)20-17-21-16-8-4-7-14(23(16)22-17)12-5-2-1-3-6-12/h1-11H,(H,20,22). The van der Waals surface area contributed by atoms with E-state index in [1.54, 1.807) is 12.3 Å². The Hall–Kier alpha value is -2.92. The van der Waals surface area contributed by atoms with Gasteiger partial charge in [-0.1, -0.05) is 48.0 Å². The van der Waals surface area contributed by atoms with Crippen molar-refractivity contribution < 1.29 is 0 Å². The summed E-state index contributed by atoms with van der Waals surface area (Å²) < 4.78 is 1.82. The number of fused-ring (bicyclic) bond motifs is 1. The van der Waals surface area contributed by atoms with Crippen LogP contribution in [-0.4, -0.2) is 19.6 Å². The van der Waals surface area contributed by atoms with E-state index in [1.165, 1.54) is 0 Å². The summed E-state index contributed by atoms with van der Waals surface area (Å²) in [6.07, 6.45) is 1.64. The lowest BCUT2D eigenvalue weighted by atomic mass is 10.1. The number of nitrogens with one attached hydrogen (secondary N) is 1. The van der Waals surface area contributed by atoms with Gasteiger partial charge in [-0.2, -0.15) is 4.98 Å². The molecular weight excluding hydrogens is 310 g/mol. The van der Waals surface area contributed by atoms with Gasteiger partial charge in [-0.15, -0.1) is 5.10 Å². The van der Waals surface area contributed by atoms with E-state index >= 15 is 0 Å².